The van der Waals surface area contributed by atoms with Crippen LogP contribution in [0.3, 0.4) is 0 Å². The van der Waals surface area contributed by atoms with Crippen molar-refractivity contribution in [3.63, 3.8) is 0 Å². The van der Waals surface area contributed by atoms with Gasteiger partial charge in [0.05, 0.1) is 20.8 Å². The van der Waals surface area contributed by atoms with Crippen LogP contribution in [0, 0.1) is 13.8 Å². The van der Waals surface area contributed by atoms with Crippen molar-refractivity contribution >= 4 is 43.2 Å². The molecule has 0 radical (unpaired) electrons. The molecule has 3 aromatic carbocycles. The molecule has 0 fully saturated rings. The van der Waals surface area contributed by atoms with Crippen LogP contribution in [0.5, 0.6) is 0 Å². The summed E-state index contributed by atoms with van der Waals surface area (Å²) in [6, 6.07) is 17.8. The van der Waals surface area contributed by atoms with Crippen LogP contribution >= 0.6 is 11.3 Å². The Hall–Kier alpha value is -3.23. The van der Waals surface area contributed by atoms with Gasteiger partial charge in [0.2, 0.25) is 0 Å². The molecule has 0 unspecified atom stereocenters. The first kappa shape index (κ1) is 22.6. The highest BCUT2D eigenvalue weighted by atomic mass is 32.2. The number of fused-ring (bicyclic) bond motifs is 2. The molecule has 1 aliphatic rings. The van der Waals surface area contributed by atoms with Gasteiger partial charge in [-0.05, 0) is 73.7 Å². The Morgan fingerprint density at radius 1 is 0.971 bits per heavy atom. The van der Waals surface area contributed by atoms with Crippen LogP contribution in [0.1, 0.15) is 33.5 Å². The molecule has 0 atom stereocenters. The molecule has 1 aliphatic heterocycles. The molecule has 5 rings (SSSR count). The second-order valence-corrected chi connectivity index (χ2v) is 11.4. The van der Waals surface area contributed by atoms with Gasteiger partial charge in [-0.1, -0.05) is 41.7 Å². The molecule has 174 valence electrons. The Bertz CT molecular complexity index is 1600. The number of amides is 1. The van der Waals surface area contributed by atoms with Gasteiger partial charge in [-0.2, -0.15) is 4.99 Å². The number of aromatic nitrogens is 1. The molecule has 1 amide bonds. The summed E-state index contributed by atoms with van der Waals surface area (Å²) >= 11 is 1.48. The lowest BCUT2D eigenvalue weighted by atomic mass is 10.0. The van der Waals surface area contributed by atoms with E-state index in [-0.39, 0.29) is 4.90 Å². The number of rotatable bonds is 3. The minimum atomic E-state index is -3.72. The SMILES string of the molecule is Cc1ccc(C)c2c1sc(=NC(=O)c1ccc(S(=O)(=O)N3CCCc4ccccc43)cc1)n2C. The van der Waals surface area contributed by atoms with Crippen molar-refractivity contribution in [2.75, 3.05) is 10.8 Å². The van der Waals surface area contributed by atoms with Crippen LogP contribution in [-0.2, 0) is 23.5 Å². The van der Waals surface area contributed by atoms with Gasteiger partial charge < -0.3 is 4.57 Å². The zero-order valence-corrected chi connectivity index (χ0v) is 20.9. The molecular formula is C26H25N3O3S2. The Balaban J connectivity index is 1.47. The number of sulfonamides is 1. The molecule has 1 aromatic heterocycles. The summed E-state index contributed by atoms with van der Waals surface area (Å²) in [6.45, 7) is 4.53. The Morgan fingerprint density at radius 2 is 1.68 bits per heavy atom. The Morgan fingerprint density at radius 3 is 2.41 bits per heavy atom. The average molecular weight is 492 g/mol. The quantitative estimate of drug-likeness (QED) is 0.416. The highest BCUT2D eigenvalue weighted by molar-refractivity contribution is 7.92. The highest BCUT2D eigenvalue weighted by Crippen LogP contribution is 2.32. The maximum Gasteiger partial charge on any atom is 0.279 e. The van der Waals surface area contributed by atoms with E-state index in [4.69, 9.17) is 0 Å². The van der Waals surface area contributed by atoms with Crippen LogP contribution in [-0.4, -0.2) is 25.4 Å². The van der Waals surface area contributed by atoms with E-state index in [1.807, 2.05) is 49.7 Å². The molecule has 0 bridgehead atoms. The van der Waals surface area contributed by atoms with Crippen molar-refractivity contribution in [2.45, 2.75) is 31.6 Å². The van der Waals surface area contributed by atoms with Crippen LogP contribution in [0.25, 0.3) is 10.2 Å². The number of hydrogen-bond donors (Lipinski definition) is 0. The van der Waals surface area contributed by atoms with Gasteiger partial charge in [-0.3, -0.25) is 9.10 Å². The number of thiazole rings is 1. The lowest BCUT2D eigenvalue weighted by molar-refractivity contribution is 0.0998. The Labute approximate surface area is 202 Å². The van der Waals surface area contributed by atoms with E-state index >= 15 is 0 Å². The van der Waals surface area contributed by atoms with Crippen molar-refractivity contribution in [1.82, 2.24) is 4.57 Å². The fourth-order valence-electron chi connectivity index (χ4n) is 4.47. The minimum absolute atomic E-state index is 0.166. The van der Waals surface area contributed by atoms with Crippen molar-refractivity contribution in [2.24, 2.45) is 12.0 Å². The lowest BCUT2D eigenvalue weighted by Gasteiger charge is -2.30. The lowest BCUT2D eigenvalue weighted by Crippen LogP contribution is -2.35. The minimum Gasteiger partial charge on any atom is -0.319 e. The number of benzene rings is 3. The van der Waals surface area contributed by atoms with Gasteiger partial charge in [0.25, 0.3) is 15.9 Å². The van der Waals surface area contributed by atoms with Crippen LogP contribution < -0.4 is 9.11 Å². The van der Waals surface area contributed by atoms with Gasteiger partial charge in [-0.25, -0.2) is 8.42 Å². The number of aryl methyl sites for hydroxylation is 4. The molecule has 34 heavy (non-hydrogen) atoms. The first-order valence-electron chi connectivity index (χ1n) is 11.1. The number of carbonyl (C=O) groups is 1. The van der Waals surface area contributed by atoms with Gasteiger partial charge in [0.15, 0.2) is 4.80 Å². The molecule has 4 aromatic rings. The highest BCUT2D eigenvalue weighted by Gasteiger charge is 2.29. The summed E-state index contributed by atoms with van der Waals surface area (Å²) in [5.74, 6) is -0.398. The van der Waals surface area contributed by atoms with E-state index in [2.05, 4.69) is 17.1 Å². The van der Waals surface area contributed by atoms with Gasteiger partial charge >= 0.3 is 0 Å². The second-order valence-electron chi connectivity index (χ2n) is 8.57. The zero-order chi connectivity index (χ0) is 24.0. The fraction of sp³-hybridized carbons (Fsp3) is 0.231. The predicted octanol–water partition coefficient (Wildman–Crippen LogP) is 4.74. The summed E-state index contributed by atoms with van der Waals surface area (Å²) in [5.41, 5.74) is 5.45. The first-order valence-corrected chi connectivity index (χ1v) is 13.4. The van der Waals surface area contributed by atoms with Crippen molar-refractivity contribution < 1.29 is 13.2 Å². The van der Waals surface area contributed by atoms with E-state index in [0.29, 0.717) is 16.9 Å². The topological polar surface area (TPSA) is 71.7 Å². The third-order valence-corrected chi connectivity index (χ3v) is 9.39. The molecule has 6 nitrogen and oxygen atoms in total. The average Bonchev–Trinajstić information content (AvgIpc) is 3.18. The maximum atomic E-state index is 13.3. The van der Waals surface area contributed by atoms with Gasteiger partial charge in [0, 0.05) is 19.2 Å². The molecule has 0 aliphatic carbocycles. The van der Waals surface area contributed by atoms with Crippen molar-refractivity contribution in [3.8, 4) is 0 Å². The number of nitrogens with zero attached hydrogens (tertiary/aromatic N) is 3. The van der Waals surface area contributed by atoms with Crippen LogP contribution in [0.15, 0.2) is 70.6 Å². The fourth-order valence-corrected chi connectivity index (χ4v) is 7.17. The summed E-state index contributed by atoms with van der Waals surface area (Å²) < 4.78 is 31.2. The summed E-state index contributed by atoms with van der Waals surface area (Å²) in [6.07, 6.45) is 1.64. The zero-order valence-electron chi connectivity index (χ0n) is 19.3. The van der Waals surface area contributed by atoms with Gasteiger partial charge in [0.1, 0.15) is 0 Å². The molecule has 2 heterocycles. The van der Waals surface area contributed by atoms with Crippen molar-refractivity contribution in [3.05, 3.63) is 87.7 Å². The Kier molecular flexibility index (Phi) is 5.65. The summed E-state index contributed by atoms with van der Waals surface area (Å²) in [4.78, 5) is 18.0. The smallest absolute Gasteiger partial charge is 0.279 e. The largest absolute Gasteiger partial charge is 0.319 e. The van der Waals surface area contributed by atoms with E-state index in [0.717, 1.165) is 45.4 Å². The van der Waals surface area contributed by atoms with E-state index in [9.17, 15) is 13.2 Å². The predicted molar refractivity (Wildman–Crippen MR) is 136 cm³/mol. The molecule has 0 spiro atoms. The molecule has 0 saturated heterocycles. The van der Waals surface area contributed by atoms with E-state index < -0.39 is 15.9 Å². The maximum absolute atomic E-state index is 13.3. The van der Waals surface area contributed by atoms with Crippen molar-refractivity contribution in [1.29, 1.82) is 0 Å². The van der Waals surface area contributed by atoms with Gasteiger partial charge in [-0.15, -0.1) is 0 Å². The molecule has 0 saturated carbocycles. The standard InChI is InChI=1S/C26H25N3O3S2/c1-17-10-11-18(2)24-23(17)28(3)26(33-24)27-25(30)20-12-14-21(15-13-20)34(31,32)29-16-6-8-19-7-4-5-9-22(19)29/h4-5,7,9-15H,6,8,16H2,1-3H3. The summed E-state index contributed by atoms with van der Waals surface area (Å²) in [5, 5.41) is 0. The molecular weight excluding hydrogens is 466 g/mol. The number of hydrogen-bond acceptors (Lipinski definition) is 4. The number of anilines is 1. The van der Waals surface area contributed by atoms with Crippen LogP contribution in [0.2, 0.25) is 0 Å². The van der Waals surface area contributed by atoms with Crippen LogP contribution in [0.4, 0.5) is 5.69 Å². The molecule has 8 heteroatoms. The third-order valence-electron chi connectivity index (χ3n) is 6.30. The third kappa shape index (κ3) is 3.76. The second kappa shape index (κ2) is 8.52. The molecule has 0 N–H and O–H groups in total. The first-order chi connectivity index (χ1) is 16.3. The monoisotopic (exact) mass is 491 g/mol. The van der Waals surface area contributed by atoms with E-state index in [1.165, 1.54) is 27.8 Å². The normalized spacial score (nSPS) is 14.4. The number of para-hydroxylation sites is 1. The summed E-state index contributed by atoms with van der Waals surface area (Å²) in [7, 11) is -1.81. The van der Waals surface area contributed by atoms with E-state index in [1.54, 1.807) is 12.1 Å². The number of carbonyl (C=O) groups excluding carboxylic acids is 1.